The maximum absolute atomic E-state index is 12.2. The Labute approximate surface area is 111 Å². The van der Waals surface area contributed by atoms with E-state index in [0.29, 0.717) is 17.0 Å². The molecule has 1 aromatic carbocycles. The van der Waals surface area contributed by atoms with E-state index in [1.54, 1.807) is 12.1 Å². The largest absolute Gasteiger partial charge is 0.379 e. The molecule has 0 aliphatic heterocycles. The summed E-state index contributed by atoms with van der Waals surface area (Å²) in [5.41, 5.74) is 0.593. The molecular weight excluding hydrogens is 246 g/mol. The van der Waals surface area contributed by atoms with E-state index >= 15 is 0 Å². The first kappa shape index (κ1) is 15.0. The first-order valence-corrected chi connectivity index (χ1v) is 8.07. The van der Waals surface area contributed by atoms with Crippen LogP contribution in [-0.2, 0) is 9.84 Å². The molecular formula is C14H23NO2S. The van der Waals surface area contributed by atoms with Gasteiger partial charge in [0.25, 0.3) is 0 Å². The molecule has 0 amide bonds. The van der Waals surface area contributed by atoms with Gasteiger partial charge in [0.05, 0.1) is 16.3 Å². The van der Waals surface area contributed by atoms with Crippen molar-refractivity contribution in [2.24, 2.45) is 0 Å². The highest BCUT2D eigenvalue weighted by Crippen LogP contribution is 2.26. The van der Waals surface area contributed by atoms with Gasteiger partial charge in [-0.05, 0) is 38.8 Å². The highest BCUT2D eigenvalue weighted by molar-refractivity contribution is 7.91. The number of anilines is 1. The average Bonchev–Trinajstić information content (AvgIpc) is 2.29. The Morgan fingerprint density at radius 1 is 1.17 bits per heavy atom. The second-order valence-corrected chi connectivity index (χ2v) is 7.26. The third-order valence-electron chi connectivity index (χ3n) is 3.05. The Bertz CT molecular complexity index is 492. The van der Waals surface area contributed by atoms with Crippen molar-refractivity contribution in [3.63, 3.8) is 0 Å². The van der Waals surface area contributed by atoms with Crippen LogP contribution in [0.3, 0.4) is 0 Å². The molecule has 102 valence electrons. The van der Waals surface area contributed by atoms with E-state index in [1.807, 2.05) is 19.1 Å². The zero-order chi connectivity index (χ0) is 13.8. The highest BCUT2D eigenvalue weighted by Gasteiger charge is 2.21. The molecule has 3 nitrogen and oxygen atoms in total. The van der Waals surface area contributed by atoms with E-state index in [0.717, 1.165) is 6.42 Å². The Morgan fingerprint density at radius 2 is 1.78 bits per heavy atom. The van der Waals surface area contributed by atoms with Crippen molar-refractivity contribution < 1.29 is 8.42 Å². The summed E-state index contributed by atoms with van der Waals surface area (Å²) in [6, 6.07) is 7.14. The van der Waals surface area contributed by atoms with Gasteiger partial charge in [-0.15, -0.1) is 0 Å². The Kier molecular flexibility index (Phi) is 4.79. The number of para-hydroxylation sites is 1. The van der Waals surface area contributed by atoms with Gasteiger partial charge in [-0.1, -0.05) is 26.0 Å². The summed E-state index contributed by atoms with van der Waals surface area (Å²) in [6.07, 6.45) is 1.56. The molecule has 1 N–H and O–H groups in total. The summed E-state index contributed by atoms with van der Waals surface area (Å²) < 4.78 is 24.4. The minimum Gasteiger partial charge on any atom is -0.379 e. The van der Waals surface area contributed by atoms with Crippen LogP contribution in [0.1, 0.15) is 40.5 Å². The Hall–Kier alpha value is -1.03. The number of nitrogens with one attached hydrogen (secondary N) is 1. The number of hydrogen-bond acceptors (Lipinski definition) is 3. The average molecular weight is 269 g/mol. The molecule has 0 heterocycles. The van der Waals surface area contributed by atoms with Crippen molar-refractivity contribution in [1.82, 2.24) is 0 Å². The molecule has 0 fully saturated rings. The first-order valence-electron chi connectivity index (χ1n) is 6.42. The predicted octanol–water partition coefficient (Wildman–Crippen LogP) is 3.47. The number of hydrogen-bond donors (Lipinski definition) is 1. The summed E-state index contributed by atoms with van der Waals surface area (Å²) in [6.45, 7) is 8.09. The molecule has 0 unspecified atom stereocenters. The third-order valence-corrected chi connectivity index (χ3v) is 5.02. The predicted molar refractivity (Wildman–Crippen MR) is 76.8 cm³/mol. The van der Waals surface area contributed by atoms with Gasteiger partial charge in [0.1, 0.15) is 0 Å². The van der Waals surface area contributed by atoms with Crippen LogP contribution < -0.4 is 5.32 Å². The smallest absolute Gasteiger partial charge is 0.180 e. The van der Waals surface area contributed by atoms with Gasteiger partial charge in [0.2, 0.25) is 0 Å². The van der Waals surface area contributed by atoms with Crippen molar-refractivity contribution in [2.75, 3.05) is 11.1 Å². The van der Waals surface area contributed by atoms with Crippen LogP contribution in [0.5, 0.6) is 0 Å². The molecule has 0 saturated carbocycles. The maximum Gasteiger partial charge on any atom is 0.180 e. The van der Waals surface area contributed by atoms with Crippen LogP contribution in [-0.4, -0.2) is 19.7 Å². The lowest BCUT2D eigenvalue weighted by Gasteiger charge is -2.27. The van der Waals surface area contributed by atoms with E-state index < -0.39 is 9.84 Å². The maximum atomic E-state index is 12.2. The van der Waals surface area contributed by atoms with E-state index in [2.05, 4.69) is 26.1 Å². The van der Waals surface area contributed by atoms with Crippen LogP contribution in [0, 0.1) is 0 Å². The van der Waals surface area contributed by atoms with Gasteiger partial charge in [-0.25, -0.2) is 8.42 Å². The van der Waals surface area contributed by atoms with Gasteiger partial charge in [0.15, 0.2) is 9.84 Å². The molecule has 0 radical (unpaired) electrons. The van der Waals surface area contributed by atoms with Gasteiger partial charge < -0.3 is 5.32 Å². The molecule has 0 spiro atoms. The lowest BCUT2D eigenvalue weighted by atomic mass is 10.0. The fourth-order valence-electron chi connectivity index (χ4n) is 1.67. The van der Waals surface area contributed by atoms with Crippen molar-refractivity contribution in [3.8, 4) is 0 Å². The van der Waals surface area contributed by atoms with E-state index in [9.17, 15) is 8.42 Å². The zero-order valence-electron chi connectivity index (χ0n) is 11.7. The normalized spacial score (nSPS) is 12.4. The van der Waals surface area contributed by atoms with Crippen LogP contribution in [0.25, 0.3) is 0 Å². The van der Waals surface area contributed by atoms with Crippen LogP contribution in [0.4, 0.5) is 5.69 Å². The third kappa shape index (κ3) is 3.73. The molecule has 0 aromatic heterocycles. The molecule has 0 aliphatic carbocycles. The summed E-state index contributed by atoms with van der Waals surface area (Å²) in [7, 11) is -3.18. The second kappa shape index (κ2) is 5.74. The SMILES string of the molecule is CCCS(=O)(=O)c1ccccc1NC(C)(C)CC. The van der Waals surface area contributed by atoms with Crippen LogP contribution >= 0.6 is 0 Å². The molecule has 18 heavy (non-hydrogen) atoms. The minimum absolute atomic E-state index is 0.113. The molecule has 1 rings (SSSR count). The quantitative estimate of drug-likeness (QED) is 0.860. The van der Waals surface area contributed by atoms with Crippen molar-refractivity contribution >= 4 is 15.5 Å². The Morgan fingerprint density at radius 3 is 2.33 bits per heavy atom. The van der Waals surface area contributed by atoms with Gasteiger partial charge in [-0.2, -0.15) is 0 Å². The van der Waals surface area contributed by atoms with Crippen LogP contribution in [0.15, 0.2) is 29.2 Å². The summed E-state index contributed by atoms with van der Waals surface area (Å²) >= 11 is 0. The molecule has 4 heteroatoms. The second-order valence-electron chi connectivity index (χ2n) is 5.18. The van der Waals surface area contributed by atoms with Crippen LogP contribution in [0.2, 0.25) is 0 Å². The summed E-state index contributed by atoms with van der Waals surface area (Å²) in [5.74, 6) is 0.193. The minimum atomic E-state index is -3.18. The van der Waals surface area contributed by atoms with Gasteiger partial charge >= 0.3 is 0 Å². The van der Waals surface area contributed by atoms with E-state index in [4.69, 9.17) is 0 Å². The monoisotopic (exact) mass is 269 g/mol. The molecule has 0 atom stereocenters. The van der Waals surface area contributed by atoms with Crippen molar-refractivity contribution in [2.45, 2.75) is 51.0 Å². The lowest BCUT2D eigenvalue weighted by molar-refractivity contribution is 0.545. The molecule has 0 bridgehead atoms. The fourth-order valence-corrected chi connectivity index (χ4v) is 3.17. The van der Waals surface area contributed by atoms with Gasteiger partial charge in [-0.3, -0.25) is 0 Å². The standard InChI is InChI=1S/C14H23NO2S/c1-5-11-18(16,17)13-10-8-7-9-12(13)15-14(3,4)6-2/h7-10,15H,5-6,11H2,1-4H3. The number of benzene rings is 1. The lowest BCUT2D eigenvalue weighted by Crippen LogP contribution is -2.30. The molecule has 1 aromatic rings. The topological polar surface area (TPSA) is 46.2 Å². The number of sulfone groups is 1. The number of rotatable bonds is 6. The first-order chi connectivity index (χ1) is 8.32. The summed E-state index contributed by atoms with van der Waals surface area (Å²) in [4.78, 5) is 0.411. The molecule has 0 saturated heterocycles. The Balaban J connectivity index is 3.15. The molecule has 0 aliphatic rings. The highest BCUT2D eigenvalue weighted by atomic mass is 32.2. The van der Waals surface area contributed by atoms with E-state index in [-0.39, 0.29) is 11.3 Å². The summed E-state index contributed by atoms with van der Waals surface area (Å²) in [5, 5.41) is 3.32. The zero-order valence-corrected chi connectivity index (χ0v) is 12.5. The van der Waals surface area contributed by atoms with Crippen molar-refractivity contribution in [1.29, 1.82) is 0 Å². The van der Waals surface area contributed by atoms with E-state index in [1.165, 1.54) is 0 Å². The van der Waals surface area contributed by atoms with Gasteiger partial charge in [0, 0.05) is 5.54 Å². The van der Waals surface area contributed by atoms with Crippen molar-refractivity contribution in [3.05, 3.63) is 24.3 Å². The fraction of sp³-hybridized carbons (Fsp3) is 0.571.